The smallest absolute Gasteiger partial charge is 0.410 e. The van der Waals surface area contributed by atoms with Gasteiger partial charge in [-0.25, -0.2) is 4.79 Å². The molecule has 2 aliphatic rings. The van der Waals surface area contributed by atoms with Crippen molar-refractivity contribution in [3.8, 4) is 5.75 Å². The minimum atomic E-state index is -0.604. The van der Waals surface area contributed by atoms with Gasteiger partial charge in [0.1, 0.15) is 12.4 Å². The maximum Gasteiger partial charge on any atom is 0.410 e. The van der Waals surface area contributed by atoms with Crippen molar-refractivity contribution in [3.05, 3.63) is 65.2 Å². The van der Waals surface area contributed by atoms with Gasteiger partial charge in [0.15, 0.2) is 0 Å². The first-order chi connectivity index (χ1) is 17.1. The number of piperidine rings is 1. The molecule has 0 unspecified atom stereocenters. The first-order valence-electron chi connectivity index (χ1n) is 13.0. The quantitative estimate of drug-likeness (QED) is 0.546. The van der Waals surface area contributed by atoms with E-state index in [4.69, 9.17) is 10.5 Å². The highest BCUT2D eigenvalue weighted by atomic mass is 16.6. The summed E-state index contributed by atoms with van der Waals surface area (Å²) in [6.45, 7) is 8.70. The van der Waals surface area contributed by atoms with Crippen LogP contribution in [0.2, 0.25) is 0 Å². The maximum atomic E-state index is 13.0. The predicted octanol–water partition coefficient (Wildman–Crippen LogP) is 4.89. The highest BCUT2D eigenvalue weighted by Crippen LogP contribution is 2.45. The zero-order valence-electron chi connectivity index (χ0n) is 21.7. The summed E-state index contributed by atoms with van der Waals surface area (Å²) < 4.78 is 5.67. The normalized spacial score (nSPS) is 21.8. The second-order valence-electron chi connectivity index (χ2n) is 11.4. The third kappa shape index (κ3) is 6.19. The number of para-hydroxylation sites is 1. The third-order valence-electron chi connectivity index (χ3n) is 7.41. The molecule has 3 N–H and O–H groups in total. The first kappa shape index (κ1) is 26.0. The van der Waals surface area contributed by atoms with Crippen LogP contribution in [0.5, 0.6) is 5.75 Å². The molecule has 0 aromatic heterocycles. The molecular formula is C29H39N3O4. The fourth-order valence-corrected chi connectivity index (χ4v) is 5.84. The number of phenols is 1. The molecule has 0 radical (unpaired) electrons. The predicted molar refractivity (Wildman–Crippen MR) is 140 cm³/mol. The van der Waals surface area contributed by atoms with Crippen molar-refractivity contribution in [2.45, 2.75) is 71.1 Å². The molecule has 0 saturated carbocycles. The number of benzene rings is 2. The summed E-state index contributed by atoms with van der Waals surface area (Å²) in [5, 5.41) is 10.7. The van der Waals surface area contributed by atoms with Crippen LogP contribution >= 0.6 is 0 Å². The molecule has 2 saturated heterocycles. The standard InChI is InChI=1S/C29H39N3O4/c1-29(2,3)19-31(28(35)36-18-20-8-5-4-6-9-20)14-15-32-22-12-13-23(32)17-21(16-22)24-10-7-11-25(26(24)33)27(30)34/h4-11,21-23,33H,12-19H2,1-3H3,(H2,30,34)/t21-,22+,23-. The number of nitrogens with two attached hydrogens (primary N) is 1. The molecular weight excluding hydrogens is 454 g/mol. The van der Waals surface area contributed by atoms with Crippen LogP contribution in [0.15, 0.2) is 48.5 Å². The van der Waals surface area contributed by atoms with Crippen molar-refractivity contribution in [2.24, 2.45) is 11.1 Å². The number of primary amides is 1. The van der Waals surface area contributed by atoms with Gasteiger partial charge in [0.25, 0.3) is 5.91 Å². The topological polar surface area (TPSA) is 96.1 Å². The summed E-state index contributed by atoms with van der Waals surface area (Å²) in [5.41, 5.74) is 7.39. The van der Waals surface area contributed by atoms with Crippen molar-refractivity contribution >= 4 is 12.0 Å². The summed E-state index contributed by atoms with van der Waals surface area (Å²) in [4.78, 5) is 29.1. The lowest BCUT2D eigenvalue weighted by atomic mass is 9.83. The van der Waals surface area contributed by atoms with E-state index in [2.05, 4.69) is 25.7 Å². The molecule has 2 fully saturated rings. The third-order valence-corrected chi connectivity index (χ3v) is 7.41. The number of aromatic hydroxyl groups is 1. The van der Waals surface area contributed by atoms with Gasteiger partial charge in [-0.2, -0.15) is 0 Å². The zero-order valence-corrected chi connectivity index (χ0v) is 21.7. The summed E-state index contributed by atoms with van der Waals surface area (Å²) in [7, 11) is 0. The molecule has 3 atom stereocenters. The van der Waals surface area contributed by atoms with Crippen molar-refractivity contribution < 1.29 is 19.4 Å². The van der Waals surface area contributed by atoms with E-state index in [1.807, 2.05) is 41.3 Å². The number of fused-ring (bicyclic) bond motifs is 2. The number of ether oxygens (including phenoxy) is 1. The number of hydrogen-bond donors (Lipinski definition) is 2. The van der Waals surface area contributed by atoms with Crippen LogP contribution in [0.25, 0.3) is 0 Å². The Bertz CT molecular complexity index is 1050. The average Bonchev–Trinajstić information content (AvgIpc) is 3.06. The first-order valence-corrected chi connectivity index (χ1v) is 13.0. The van der Waals surface area contributed by atoms with E-state index in [1.165, 1.54) is 0 Å². The molecule has 2 heterocycles. The van der Waals surface area contributed by atoms with Gasteiger partial charge in [0.2, 0.25) is 0 Å². The minimum Gasteiger partial charge on any atom is -0.507 e. The van der Waals surface area contributed by atoms with Crippen molar-refractivity contribution in [3.63, 3.8) is 0 Å². The molecule has 194 valence electrons. The summed E-state index contributed by atoms with van der Waals surface area (Å²) in [6, 6.07) is 15.8. The molecule has 7 heteroatoms. The fraction of sp³-hybridized carbons (Fsp3) is 0.517. The van der Waals surface area contributed by atoms with E-state index in [0.29, 0.717) is 25.2 Å². The van der Waals surface area contributed by atoms with Crippen LogP contribution < -0.4 is 5.73 Å². The summed E-state index contributed by atoms with van der Waals surface area (Å²) >= 11 is 0. The van der Waals surface area contributed by atoms with E-state index in [-0.39, 0.29) is 35.3 Å². The second kappa shape index (κ2) is 10.9. The summed E-state index contributed by atoms with van der Waals surface area (Å²) in [5.74, 6) is -0.382. The lowest BCUT2D eigenvalue weighted by molar-refractivity contribution is 0.0659. The average molecular weight is 494 g/mol. The second-order valence-corrected chi connectivity index (χ2v) is 11.4. The van der Waals surface area contributed by atoms with E-state index >= 15 is 0 Å². The Balaban J connectivity index is 1.39. The van der Waals surface area contributed by atoms with Crippen molar-refractivity contribution in [1.82, 2.24) is 9.80 Å². The molecule has 4 rings (SSSR count). The van der Waals surface area contributed by atoms with Crippen LogP contribution in [0.3, 0.4) is 0 Å². The lowest BCUT2D eigenvalue weighted by Gasteiger charge is -2.40. The number of rotatable bonds is 8. The largest absolute Gasteiger partial charge is 0.507 e. The number of nitrogens with zero attached hydrogens (tertiary/aromatic N) is 2. The molecule has 36 heavy (non-hydrogen) atoms. The molecule has 0 aliphatic carbocycles. The van der Waals surface area contributed by atoms with Crippen LogP contribution in [0.1, 0.15) is 73.9 Å². The van der Waals surface area contributed by atoms with Crippen molar-refractivity contribution in [2.75, 3.05) is 19.6 Å². The number of carbonyl (C=O) groups is 2. The van der Waals surface area contributed by atoms with Crippen LogP contribution in [0.4, 0.5) is 4.79 Å². The lowest BCUT2D eigenvalue weighted by Crippen LogP contribution is -2.48. The van der Waals surface area contributed by atoms with E-state index in [9.17, 15) is 14.7 Å². The Morgan fingerprint density at radius 2 is 1.72 bits per heavy atom. The van der Waals surface area contributed by atoms with Crippen LogP contribution in [-0.2, 0) is 11.3 Å². The molecule has 0 spiro atoms. The van der Waals surface area contributed by atoms with Gasteiger partial charge in [-0.05, 0) is 54.2 Å². The molecule has 2 amide bonds. The molecule has 2 aliphatic heterocycles. The highest BCUT2D eigenvalue weighted by Gasteiger charge is 2.42. The summed E-state index contributed by atoms with van der Waals surface area (Å²) in [6.07, 6.45) is 3.78. The van der Waals surface area contributed by atoms with Gasteiger partial charge >= 0.3 is 6.09 Å². The van der Waals surface area contributed by atoms with Gasteiger partial charge in [-0.3, -0.25) is 9.69 Å². The Labute approximate surface area is 214 Å². The van der Waals surface area contributed by atoms with Gasteiger partial charge in [0.05, 0.1) is 5.56 Å². The SMILES string of the molecule is CC(C)(C)CN(CCN1[C@@H]2CC[C@H]1C[C@@H](c1cccc(C(N)=O)c1O)C2)C(=O)OCc1ccccc1. The van der Waals surface area contributed by atoms with Gasteiger partial charge in [-0.15, -0.1) is 0 Å². The van der Waals surface area contributed by atoms with Gasteiger partial charge in [-0.1, -0.05) is 63.2 Å². The Morgan fingerprint density at radius 3 is 2.33 bits per heavy atom. The van der Waals surface area contributed by atoms with Gasteiger partial charge < -0.3 is 20.5 Å². The fourth-order valence-electron chi connectivity index (χ4n) is 5.84. The molecule has 2 bridgehead atoms. The maximum absolute atomic E-state index is 13.0. The zero-order chi connectivity index (χ0) is 25.9. The molecule has 7 nitrogen and oxygen atoms in total. The number of amides is 2. The monoisotopic (exact) mass is 493 g/mol. The Kier molecular flexibility index (Phi) is 7.88. The minimum absolute atomic E-state index is 0.0281. The highest BCUT2D eigenvalue weighted by molar-refractivity contribution is 5.96. The Morgan fingerprint density at radius 1 is 1.06 bits per heavy atom. The van der Waals surface area contributed by atoms with E-state index < -0.39 is 5.91 Å². The Hall–Kier alpha value is -3.06. The van der Waals surface area contributed by atoms with Crippen molar-refractivity contribution in [1.29, 1.82) is 0 Å². The van der Waals surface area contributed by atoms with E-state index in [1.54, 1.807) is 12.1 Å². The number of carbonyl (C=O) groups excluding carboxylic acids is 2. The molecule has 2 aromatic carbocycles. The van der Waals surface area contributed by atoms with Crippen LogP contribution in [-0.4, -0.2) is 58.6 Å². The number of hydrogen-bond acceptors (Lipinski definition) is 5. The molecule has 2 aromatic rings. The van der Waals surface area contributed by atoms with Crippen LogP contribution in [0, 0.1) is 5.41 Å². The van der Waals surface area contributed by atoms with E-state index in [0.717, 1.165) is 43.4 Å². The van der Waals surface area contributed by atoms with Gasteiger partial charge in [0, 0.05) is 31.7 Å².